The number of amides is 1. The highest BCUT2D eigenvalue weighted by atomic mass is 16.1. The van der Waals surface area contributed by atoms with Crippen LogP contribution in [-0.4, -0.2) is 41.8 Å². The van der Waals surface area contributed by atoms with Crippen molar-refractivity contribution in [3.63, 3.8) is 0 Å². The number of rotatable bonds is 6. The number of piperidine rings is 1. The van der Waals surface area contributed by atoms with Crippen molar-refractivity contribution in [3.8, 4) is 0 Å². The standard InChI is InChI=1S/C14H23N5O/c1-2-9-19(10-11-5-3-4-8-16-11)13-7-6-12(14(15)20)17-18-13/h6-7,11,16H,2-5,8-10H2,1H3,(H2,15,20). The van der Waals surface area contributed by atoms with Gasteiger partial charge in [-0.15, -0.1) is 10.2 Å². The van der Waals surface area contributed by atoms with Gasteiger partial charge in [-0.3, -0.25) is 4.79 Å². The van der Waals surface area contributed by atoms with E-state index in [9.17, 15) is 4.79 Å². The van der Waals surface area contributed by atoms with Crippen LogP contribution in [-0.2, 0) is 0 Å². The van der Waals surface area contributed by atoms with Gasteiger partial charge in [-0.1, -0.05) is 13.3 Å². The lowest BCUT2D eigenvalue weighted by molar-refractivity contribution is 0.0994. The number of nitrogens with one attached hydrogen (secondary N) is 1. The Morgan fingerprint density at radius 3 is 2.85 bits per heavy atom. The summed E-state index contributed by atoms with van der Waals surface area (Å²) in [5.41, 5.74) is 5.39. The molecule has 1 saturated heterocycles. The number of carbonyl (C=O) groups is 1. The molecule has 1 aromatic rings. The first kappa shape index (κ1) is 14.7. The lowest BCUT2D eigenvalue weighted by Gasteiger charge is -2.31. The highest BCUT2D eigenvalue weighted by molar-refractivity contribution is 5.90. The van der Waals surface area contributed by atoms with E-state index in [0.717, 1.165) is 31.9 Å². The van der Waals surface area contributed by atoms with Crippen LogP contribution in [0.1, 0.15) is 43.1 Å². The number of hydrogen-bond acceptors (Lipinski definition) is 5. The van der Waals surface area contributed by atoms with Crippen LogP contribution >= 0.6 is 0 Å². The van der Waals surface area contributed by atoms with Gasteiger partial charge in [0.15, 0.2) is 11.5 Å². The summed E-state index contributed by atoms with van der Waals surface area (Å²) >= 11 is 0. The Morgan fingerprint density at radius 1 is 1.45 bits per heavy atom. The predicted octanol–water partition coefficient (Wildman–Crippen LogP) is 0.934. The third-order valence-electron chi connectivity index (χ3n) is 3.57. The molecule has 1 amide bonds. The van der Waals surface area contributed by atoms with Crippen LogP contribution in [0.4, 0.5) is 5.82 Å². The maximum absolute atomic E-state index is 11.0. The van der Waals surface area contributed by atoms with E-state index in [-0.39, 0.29) is 5.69 Å². The molecule has 20 heavy (non-hydrogen) atoms. The van der Waals surface area contributed by atoms with Gasteiger partial charge >= 0.3 is 0 Å². The summed E-state index contributed by atoms with van der Waals surface area (Å²) < 4.78 is 0. The van der Waals surface area contributed by atoms with E-state index in [1.54, 1.807) is 6.07 Å². The Kier molecular flexibility index (Phi) is 5.29. The van der Waals surface area contributed by atoms with E-state index >= 15 is 0 Å². The Balaban J connectivity index is 2.04. The maximum Gasteiger partial charge on any atom is 0.269 e. The smallest absolute Gasteiger partial charge is 0.269 e. The fraction of sp³-hybridized carbons (Fsp3) is 0.643. The highest BCUT2D eigenvalue weighted by Gasteiger charge is 2.17. The van der Waals surface area contributed by atoms with Gasteiger partial charge in [0.2, 0.25) is 0 Å². The molecule has 110 valence electrons. The van der Waals surface area contributed by atoms with E-state index in [2.05, 4.69) is 27.3 Å². The third-order valence-corrected chi connectivity index (χ3v) is 3.57. The lowest BCUT2D eigenvalue weighted by Crippen LogP contribution is -2.44. The SMILES string of the molecule is CCCN(CC1CCCCN1)c1ccc(C(N)=O)nn1. The zero-order valence-corrected chi connectivity index (χ0v) is 12.0. The van der Waals surface area contributed by atoms with E-state index < -0.39 is 5.91 Å². The largest absolute Gasteiger partial charge is 0.364 e. The average molecular weight is 277 g/mol. The van der Waals surface area contributed by atoms with Crippen LogP contribution in [0.3, 0.4) is 0 Å². The molecule has 0 saturated carbocycles. The third kappa shape index (κ3) is 3.90. The first-order valence-electron chi connectivity index (χ1n) is 7.32. The van der Waals surface area contributed by atoms with E-state index in [1.807, 2.05) is 6.07 Å². The van der Waals surface area contributed by atoms with Crippen molar-refractivity contribution in [1.82, 2.24) is 15.5 Å². The average Bonchev–Trinajstić information content (AvgIpc) is 2.48. The molecule has 1 aliphatic rings. The maximum atomic E-state index is 11.0. The minimum absolute atomic E-state index is 0.209. The molecule has 6 nitrogen and oxygen atoms in total. The number of anilines is 1. The molecule has 1 unspecified atom stereocenters. The second-order valence-electron chi connectivity index (χ2n) is 5.23. The molecule has 1 aromatic heterocycles. The van der Waals surface area contributed by atoms with Crippen LogP contribution in [0.5, 0.6) is 0 Å². The second kappa shape index (κ2) is 7.19. The Morgan fingerprint density at radius 2 is 2.30 bits per heavy atom. The fourth-order valence-electron chi connectivity index (χ4n) is 2.54. The van der Waals surface area contributed by atoms with Crippen molar-refractivity contribution >= 4 is 11.7 Å². The van der Waals surface area contributed by atoms with Gasteiger partial charge in [-0.2, -0.15) is 0 Å². The molecule has 0 bridgehead atoms. The zero-order chi connectivity index (χ0) is 14.4. The molecule has 1 aliphatic heterocycles. The highest BCUT2D eigenvalue weighted by Crippen LogP contribution is 2.14. The number of nitrogens with two attached hydrogens (primary N) is 1. The molecule has 0 radical (unpaired) electrons. The minimum Gasteiger partial charge on any atom is -0.364 e. The molecule has 1 atom stereocenters. The van der Waals surface area contributed by atoms with Crippen molar-refractivity contribution in [3.05, 3.63) is 17.8 Å². The van der Waals surface area contributed by atoms with Gasteiger partial charge in [0, 0.05) is 19.1 Å². The normalized spacial score (nSPS) is 18.8. The number of aromatic nitrogens is 2. The second-order valence-corrected chi connectivity index (χ2v) is 5.23. The summed E-state index contributed by atoms with van der Waals surface area (Å²) in [5.74, 6) is 0.268. The molecule has 2 rings (SSSR count). The van der Waals surface area contributed by atoms with Crippen LogP contribution in [0, 0.1) is 0 Å². The monoisotopic (exact) mass is 277 g/mol. The van der Waals surface area contributed by atoms with Crippen LogP contribution in [0.15, 0.2) is 12.1 Å². The van der Waals surface area contributed by atoms with Gasteiger partial charge in [0.1, 0.15) is 0 Å². The Hall–Kier alpha value is -1.69. The zero-order valence-electron chi connectivity index (χ0n) is 12.0. The number of carbonyl (C=O) groups excluding carboxylic acids is 1. The van der Waals surface area contributed by atoms with Crippen LogP contribution in [0.2, 0.25) is 0 Å². The van der Waals surface area contributed by atoms with Crippen molar-refractivity contribution in [2.45, 2.75) is 38.6 Å². The van der Waals surface area contributed by atoms with E-state index in [4.69, 9.17) is 5.73 Å². The van der Waals surface area contributed by atoms with Gasteiger partial charge in [-0.25, -0.2) is 0 Å². The lowest BCUT2D eigenvalue weighted by atomic mass is 10.0. The summed E-state index contributed by atoms with van der Waals surface area (Å²) in [6, 6.07) is 3.97. The van der Waals surface area contributed by atoms with Gasteiger partial charge in [-0.05, 0) is 37.9 Å². The first-order chi connectivity index (χ1) is 9.70. The van der Waals surface area contributed by atoms with Crippen molar-refractivity contribution in [2.24, 2.45) is 5.73 Å². The quantitative estimate of drug-likeness (QED) is 0.808. The molecular formula is C14H23N5O. The Labute approximate surface area is 119 Å². The van der Waals surface area contributed by atoms with Crippen molar-refractivity contribution in [2.75, 3.05) is 24.5 Å². The Bertz CT molecular complexity index is 428. The minimum atomic E-state index is -0.542. The van der Waals surface area contributed by atoms with Gasteiger partial charge in [0.25, 0.3) is 5.91 Å². The molecule has 1 fully saturated rings. The summed E-state index contributed by atoms with van der Waals surface area (Å²) in [6.45, 7) is 5.10. The first-order valence-corrected chi connectivity index (χ1v) is 7.32. The van der Waals surface area contributed by atoms with E-state index in [0.29, 0.717) is 6.04 Å². The van der Waals surface area contributed by atoms with Gasteiger partial charge in [0.05, 0.1) is 0 Å². The molecule has 0 aliphatic carbocycles. The topological polar surface area (TPSA) is 84.1 Å². The predicted molar refractivity (Wildman–Crippen MR) is 78.7 cm³/mol. The van der Waals surface area contributed by atoms with E-state index in [1.165, 1.54) is 19.3 Å². The molecule has 0 aromatic carbocycles. The fourth-order valence-corrected chi connectivity index (χ4v) is 2.54. The van der Waals surface area contributed by atoms with Gasteiger partial charge < -0.3 is 16.0 Å². The number of hydrogen-bond donors (Lipinski definition) is 2. The van der Waals surface area contributed by atoms with Crippen molar-refractivity contribution in [1.29, 1.82) is 0 Å². The molecule has 0 spiro atoms. The number of primary amides is 1. The molecule has 6 heteroatoms. The summed E-state index contributed by atoms with van der Waals surface area (Å²) in [5, 5.41) is 11.6. The summed E-state index contributed by atoms with van der Waals surface area (Å²) in [6.07, 6.45) is 4.79. The summed E-state index contributed by atoms with van der Waals surface area (Å²) in [4.78, 5) is 13.2. The molecule has 3 N–H and O–H groups in total. The molecular weight excluding hydrogens is 254 g/mol. The van der Waals surface area contributed by atoms with Crippen LogP contribution < -0.4 is 16.0 Å². The van der Waals surface area contributed by atoms with Crippen LogP contribution in [0.25, 0.3) is 0 Å². The molecule has 2 heterocycles. The number of nitrogens with zero attached hydrogens (tertiary/aromatic N) is 3. The van der Waals surface area contributed by atoms with Crippen molar-refractivity contribution < 1.29 is 4.79 Å². The summed E-state index contributed by atoms with van der Waals surface area (Å²) in [7, 11) is 0.